The zero-order chi connectivity index (χ0) is 13.5. The molecule has 1 fully saturated rings. The zero-order valence-corrected chi connectivity index (χ0v) is 11.1. The van der Waals surface area contributed by atoms with E-state index in [0.29, 0.717) is 18.8 Å². The third-order valence-corrected chi connectivity index (χ3v) is 3.36. The van der Waals surface area contributed by atoms with Crippen LogP contribution in [0.5, 0.6) is 5.75 Å². The fraction of sp³-hybridized carbons (Fsp3) is 0.533. The van der Waals surface area contributed by atoms with E-state index in [0.717, 1.165) is 25.9 Å². The number of likely N-dealkylation sites (tertiary alicyclic amines) is 1. The van der Waals surface area contributed by atoms with E-state index in [-0.39, 0.29) is 11.7 Å². The Morgan fingerprint density at radius 1 is 1.11 bits per heavy atom. The topological polar surface area (TPSA) is 29.5 Å². The number of carbonyl (C=O) groups is 1. The van der Waals surface area contributed by atoms with Crippen LogP contribution in [0.2, 0.25) is 0 Å². The van der Waals surface area contributed by atoms with Crippen molar-refractivity contribution in [2.45, 2.75) is 32.1 Å². The number of benzene rings is 1. The first kappa shape index (κ1) is 13.8. The number of ether oxygens (including phenoxy) is 1. The maximum absolute atomic E-state index is 12.7. The molecule has 1 aliphatic rings. The number of amides is 1. The van der Waals surface area contributed by atoms with Crippen molar-refractivity contribution in [2.75, 3.05) is 19.7 Å². The molecule has 0 aliphatic carbocycles. The summed E-state index contributed by atoms with van der Waals surface area (Å²) in [5, 5.41) is 0. The van der Waals surface area contributed by atoms with Gasteiger partial charge in [-0.1, -0.05) is 12.8 Å². The molecule has 19 heavy (non-hydrogen) atoms. The lowest BCUT2D eigenvalue weighted by Crippen LogP contribution is -2.32. The van der Waals surface area contributed by atoms with Gasteiger partial charge in [0.1, 0.15) is 11.6 Å². The fourth-order valence-corrected chi connectivity index (χ4v) is 2.27. The third kappa shape index (κ3) is 4.54. The normalized spacial score (nSPS) is 15.9. The summed E-state index contributed by atoms with van der Waals surface area (Å²) in [6.45, 7) is 2.09. The highest BCUT2D eigenvalue weighted by molar-refractivity contribution is 5.76. The van der Waals surface area contributed by atoms with E-state index in [1.807, 2.05) is 4.90 Å². The van der Waals surface area contributed by atoms with Gasteiger partial charge in [0, 0.05) is 13.1 Å². The van der Waals surface area contributed by atoms with Gasteiger partial charge in [-0.2, -0.15) is 0 Å². The van der Waals surface area contributed by atoms with Gasteiger partial charge in [-0.15, -0.1) is 0 Å². The van der Waals surface area contributed by atoms with Gasteiger partial charge in [0.2, 0.25) is 5.91 Å². The monoisotopic (exact) mass is 265 g/mol. The Bertz CT molecular complexity index is 397. The van der Waals surface area contributed by atoms with E-state index >= 15 is 0 Å². The molecule has 0 N–H and O–H groups in total. The van der Waals surface area contributed by atoms with Gasteiger partial charge in [0.25, 0.3) is 0 Å². The Balaban J connectivity index is 1.72. The van der Waals surface area contributed by atoms with Crippen molar-refractivity contribution < 1.29 is 13.9 Å². The number of hydrogen-bond donors (Lipinski definition) is 0. The van der Waals surface area contributed by atoms with Crippen LogP contribution in [0.1, 0.15) is 32.1 Å². The van der Waals surface area contributed by atoms with E-state index in [2.05, 4.69) is 0 Å². The molecular formula is C15H20FNO2. The molecule has 2 rings (SSSR count). The molecule has 104 valence electrons. The molecule has 4 heteroatoms. The number of nitrogens with zero attached hydrogens (tertiary/aromatic N) is 1. The second-order valence-electron chi connectivity index (χ2n) is 4.85. The molecular weight excluding hydrogens is 245 g/mol. The summed E-state index contributed by atoms with van der Waals surface area (Å²) >= 11 is 0. The van der Waals surface area contributed by atoms with Crippen molar-refractivity contribution in [3.63, 3.8) is 0 Å². The Hall–Kier alpha value is -1.58. The van der Waals surface area contributed by atoms with Gasteiger partial charge in [-0.25, -0.2) is 4.39 Å². The SMILES string of the molecule is O=C(CCOc1ccc(F)cc1)N1CCCCCC1. The van der Waals surface area contributed by atoms with Gasteiger partial charge in [-0.05, 0) is 37.1 Å². The maximum atomic E-state index is 12.7. The largest absolute Gasteiger partial charge is 0.493 e. The summed E-state index contributed by atoms with van der Waals surface area (Å²) in [7, 11) is 0. The molecule has 1 aliphatic heterocycles. The van der Waals surface area contributed by atoms with Crippen molar-refractivity contribution in [3.8, 4) is 5.75 Å². The van der Waals surface area contributed by atoms with E-state index < -0.39 is 0 Å². The summed E-state index contributed by atoms with van der Waals surface area (Å²) in [6.07, 6.45) is 5.03. The number of rotatable bonds is 4. The van der Waals surface area contributed by atoms with Crippen LogP contribution >= 0.6 is 0 Å². The smallest absolute Gasteiger partial charge is 0.225 e. The van der Waals surface area contributed by atoms with Crippen molar-refractivity contribution in [2.24, 2.45) is 0 Å². The van der Waals surface area contributed by atoms with Gasteiger partial charge in [0.15, 0.2) is 0 Å². The molecule has 1 aromatic carbocycles. The highest BCUT2D eigenvalue weighted by Crippen LogP contribution is 2.13. The molecule has 0 bridgehead atoms. The lowest BCUT2D eigenvalue weighted by molar-refractivity contribution is -0.131. The minimum Gasteiger partial charge on any atom is -0.493 e. The lowest BCUT2D eigenvalue weighted by atomic mass is 10.2. The average molecular weight is 265 g/mol. The van der Waals surface area contributed by atoms with Crippen LogP contribution in [0.4, 0.5) is 4.39 Å². The molecule has 1 amide bonds. The average Bonchev–Trinajstić information content (AvgIpc) is 2.70. The standard InChI is InChI=1S/C15H20FNO2/c16-13-5-7-14(8-6-13)19-12-9-15(18)17-10-3-1-2-4-11-17/h5-8H,1-4,9-12H2. The molecule has 0 spiro atoms. The van der Waals surface area contributed by atoms with E-state index in [1.54, 1.807) is 12.1 Å². The number of carbonyl (C=O) groups excluding carboxylic acids is 1. The summed E-state index contributed by atoms with van der Waals surface area (Å²) in [4.78, 5) is 13.9. The van der Waals surface area contributed by atoms with Crippen LogP contribution in [-0.2, 0) is 4.79 Å². The van der Waals surface area contributed by atoms with Gasteiger partial charge in [-0.3, -0.25) is 4.79 Å². The molecule has 1 aromatic rings. The van der Waals surface area contributed by atoms with Crippen LogP contribution in [0.15, 0.2) is 24.3 Å². The van der Waals surface area contributed by atoms with Gasteiger partial charge < -0.3 is 9.64 Å². The molecule has 0 aromatic heterocycles. The summed E-state index contributed by atoms with van der Waals surface area (Å²) in [5.41, 5.74) is 0. The Morgan fingerprint density at radius 2 is 1.74 bits per heavy atom. The van der Waals surface area contributed by atoms with Crippen molar-refractivity contribution in [3.05, 3.63) is 30.1 Å². The Morgan fingerprint density at radius 3 is 2.37 bits per heavy atom. The summed E-state index contributed by atoms with van der Waals surface area (Å²) < 4.78 is 18.1. The van der Waals surface area contributed by atoms with Crippen molar-refractivity contribution in [1.29, 1.82) is 0 Å². The highest BCUT2D eigenvalue weighted by Gasteiger charge is 2.15. The first-order valence-electron chi connectivity index (χ1n) is 6.92. The van der Waals surface area contributed by atoms with Gasteiger partial charge >= 0.3 is 0 Å². The lowest BCUT2D eigenvalue weighted by Gasteiger charge is -2.20. The Labute approximate surface area is 113 Å². The zero-order valence-electron chi connectivity index (χ0n) is 11.1. The highest BCUT2D eigenvalue weighted by atomic mass is 19.1. The second kappa shape index (κ2) is 7.12. The minimum atomic E-state index is -0.284. The van der Waals surface area contributed by atoms with Crippen LogP contribution in [0, 0.1) is 5.82 Å². The van der Waals surface area contributed by atoms with E-state index in [1.165, 1.54) is 25.0 Å². The Kier molecular flexibility index (Phi) is 5.19. The van der Waals surface area contributed by atoms with Crippen LogP contribution < -0.4 is 4.74 Å². The molecule has 0 radical (unpaired) electrons. The predicted octanol–water partition coefficient (Wildman–Crippen LogP) is 3.00. The number of hydrogen-bond acceptors (Lipinski definition) is 2. The first-order chi connectivity index (χ1) is 9.25. The van der Waals surface area contributed by atoms with Crippen LogP contribution in [0.25, 0.3) is 0 Å². The van der Waals surface area contributed by atoms with Crippen LogP contribution in [-0.4, -0.2) is 30.5 Å². The third-order valence-electron chi connectivity index (χ3n) is 3.36. The van der Waals surface area contributed by atoms with E-state index in [9.17, 15) is 9.18 Å². The number of halogens is 1. The fourth-order valence-electron chi connectivity index (χ4n) is 2.27. The molecule has 0 atom stereocenters. The molecule has 1 heterocycles. The maximum Gasteiger partial charge on any atom is 0.225 e. The van der Waals surface area contributed by atoms with Crippen LogP contribution in [0.3, 0.4) is 0 Å². The summed E-state index contributed by atoms with van der Waals surface area (Å²) in [5.74, 6) is 0.474. The van der Waals surface area contributed by atoms with Gasteiger partial charge in [0.05, 0.1) is 13.0 Å². The first-order valence-corrected chi connectivity index (χ1v) is 6.92. The second-order valence-corrected chi connectivity index (χ2v) is 4.85. The van der Waals surface area contributed by atoms with E-state index in [4.69, 9.17) is 4.74 Å². The predicted molar refractivity (Wildman–Crippen MR) is 71.6 cm³/mol. The van der Waals surface area contributed by atoms with Crippen molar-refractivity contribution >= 4 is 5.91 Å². The summed E-state index contributed by atoms with van der Waals surface area (Å²) in [6, 6.07) is 5.86. The molecule has 1 saturated heterocycles. The van der Waals surface area contributed by atoms with Crippen molar-refractivity contribution in [1.82, 2.24) is 4.90 Å². The molecule has 3 nitrogen and oxygen atoms in total. The quantitative estimate of drug-likeness (QED) is 0.837. The minimum absolute atomic E-state index is 0.156. The molecule has 0 saturated carbocycles. The molecule has 0 unspecified atom stereocenters.